The van der Waals surface area contributed by atoms with E-state index in [1.54, 1.807) is 0 Å². The summed E-state index contributed by atoms with van der Waals surface area (Å²) in [6, 6.07) is 0. The Morgan fingerprint density at radius 2 is 2.00 bits per heavy atom. The Balaban J connectivity index is 2.48. The average molecular weight is 197 g/mol. The highest BCUT2D eigenvalue weighted by molar-refractivity contribution is 4.91. The molecule has 82 valence electrons. The zero-order valence-electron chi connectivity index (χ0n) is 9.50. The van der Waals surface area contributed by atoms with Gasteiger partial charge in [0.2, 0.25) is 0 Å². The lowest BCUT2D eigenvalue weighted by Gasteiger charge is -2.39. The van der Waals surface area contributed by atoms with Crippen molar-refractivity contribution in [2.24, 2.45) is 0 Å². The zero-order chi connectivity index (χ0) is 10.6. The maximum Gasteiger partial charge on any atom is 0.0721 e. The van der Waals surface area contributed by atoms with Gasteiger partial charge in [0.05, 0.1) is 6.10 Å². The fourth-order valence-corrected chi connectivity index (χ4v) is 2.13. The number of aliphatic hydroxyl groups is 1. The molecule has 1 heterocycles. The highest BCUT2D eigenvalue weighted by atomic mass is 16.3. The molecule has 14 heavy (non-hydrogen) atoms. The number of nitrogens with zero attached hydrogens (tertiary/aromatic N) is 1. The highest BCUT2D eigenvalue weighted by Gasteiger charge is 2.34. The normalized spacial score (nSPS) is 21.1. The van der Waals surface area contributed by atoms with Crippen molar-refractivity contribution in [2.75, 3.05) is 13.1 Å². The van der Waals surface area contributed by atoms with E-state index in [2.05, 4.69) is 25.3 Å². The quantitative estimate of drug-likeness (QED) is 0.683. The van der Waals surface area contributed by atoms with Gasteiger partial charge in [0.25, 0.3) is 0 Å². The third-order valence-corrected chi connectivity index (χ3v) is 3.38. The molecule has 2 nitrogen and oxygen atoms in total. The first-order chi connectivity index (χ1) is 6.59. The van der Waals surface area contributed by atoms with Crippen molar-refractivity contribution in [3.8, 4) is 0 Å². The molecule has 1 atom stereocenters. The molecule has 0 saturated carbocycles. The van der Waals surface area contributed by atoms with E-state index in [0.29, 0.717) is 0 Å². The monoisotopic (exact) mass is 197 g/mol. The van der Waals surface area contributed by atoms with Crippen molar-refractivity contribution >= 4 is 0 Å². The number of aliphatic hydroxyl groups excluding tert-OH is 1. The van der Waals surface area contributed by atoms with E-state index in [-0.39, 0.29) is 11.6 Å². The van der Waals surface area contributed by atoms with Gasteiger partial charge in [-0.3, -0.25) is 4.90 Å². The predicted octanol–water partition coefficient (Wildman–Crippen LogP) is 2.19. The highest BCUT2D eigenvalue weighted by Crippen LogP contribution is 2.26. The number of likely N-dealkylation sites (tertiary alicyclic amines) is 1. The van der Waals surface area contributed by atoms with Gasteiger partial charge in [-0.25, -0.2) is 0 Å². The maximum absolute atomic E-state index is 10.1. The van der Waals surface area contributed by atoms with Gasteiger partial charge in [-0.2, -0.15) is 0 Å². The van der Waals surface area contributed by atoms with Crippen LogP contribution >= 0.6 is 0 Å². The Bertz CT molecular complexity index is 183. The van der Waals surface area contributed by atoms with Gasteiger partial charge >= 0.3 is 0 Å². The zero-order valence-corrected chi connectivity index (χ0v) is 9.50. The molecule has 0 amide bonds. The van der Waals surface area contributed by atoms with Crippen molar-refractivity contribution in [3.05, 3.63) is 12.7 Å². The molecule has 2 heteroatoms. The molecule has 0 aromatic heterocycles. The summed E-state index contributed by atoms with van der Waals surface area (Å²) in [7, 11) is 0. The summed E-state index contributed by atoms with van der Waals surface area (Å²) in [4.78, 5) is 2.40. The minimum atomic E-state index is -0.237. The van der Waals surface area contributed by atoms with Gasteiger partial charge in [-0.05, 0) is 52.6 Å². The van der Waals surface area contributed by atoms with Crippen LogP contribution in [0.1, 0.15) is 39.5 Å². The van der Waals surface area contributed by atoms with Gasteiger partial charge in [-0.15, -0.1) is 6.58 Å². The van der Waals surface area contributed by atoms with Gasteiger partial charge in [0, 0.05) is 5.54 Å². The smallest absolute Gasteiger partial charge is 0.0721 e. The van der Waals surface area contributed by atoms with Crippen molar-refractivity contribution in [2.45, 2.75) is 51.2 Å². The Labute approximate surface area is 87.6 Å². The number of hydrogen-bond acceptors (Lipinski definition) is 2. The molecule has 0 bridgehead atoms. The minimum absolute atomic E-state index is 0.0699. The van der Waals surface area contributed by atoms with E-state index in [1.165, 1.54) is 12.8 Å². The Hall–Kier alpha value is -0.340. The summed E-state index contributed by atoms with van der Waals surface area (Å²) in [5.41, 5.74) is -0.0699. The van der Waals surface area contributed by atoms with Gasteiger partial charge < -0.3 is 5.11 Å². The predicted molar refractivity (Wildman–Crippen MR) is 60.3 cm³/mol. The molecule has 1 rings (SSSR count). The van der Waals surface area contributed by atoms with Crippen LogP contribution in [0.3, 0.4) is 0 Å². The molecule has 1 unspecified atom stereocenters. The van der Waals surface area contributed by atoms with E-state index in [4.69, 9.17) is 0 Å². The number of allylic oxidation sites excluding steroid dienone is 1. The van der Waals surface area contributed by atoms with Crippen molar-refractivity contribution in [1.82, 2.24) is 4.90 Å². The van der Waals surface area contributed by atoms with Gasteiger partial charge in [0.15, 0.2) is 0 Å². The lowest BCUT2D eigenvalue weighted by atomic mass is 9.92. The summed E-state index contributed by atoms with van der Waals surface area (Å²) in [5.74, 6) is 0. The molecule has 1 N–H and O–H groups in total. The Kier molecular flexibility index (Phi) is 4.14. The third kappa shape index (κ3) is 2.58. The molecule has 0 aliphatic carbocycles. The molecule has 1 aliphatic heterocycles. The molecule has 1 aliphatic rings. The van der Waals surface area contributed by atoms with Crippen LogP contribution in [0.2, 0.25) is 0 Å². The molecule has 0 radical (unpaired) electrons. The maximum atomic E-state index is 10.1. The minimum Gasteiger partial charge on any atom is -0.391 e. The summed E-state index contributed by atoms with van der Waals surface area (Å²) in [5, 5.41) is 10.1. The van der Waals surface area contributed by atoms with Crippen LogP contribution in [-0.4, -0.2) is 34.7 Å². The fourth-order valence-electron chi connectivity index (χ4n) is 2.13. The Morgan fingerprint density at radius 1 is 1.43 bits per heavy atom. The molecule has 0 aromatic rings. The van der Waals surface area contributed by atoms with Crippen molar-refractivity contribution in [3.63, 3.8) is 0 Å². The van der Waals surface area contributed by atoms with Crippen molar-refractivity contribution in [1.29, 1.82) is 0 Å². The molecular weight excluding hydrogens is 174 g/mol. The van der Waals surface area contributed by atoms with E-state index >= 15 is 0 Å². The Morgan fingerprint density at radius 3 is 2.50 bits per heavy atom. The summed E-state index contributed by atoms with van der Waals surface area (Å²) >= 11 is 0. The third-order valence-electron chi connectivity index (χ3n) is 3.38. The second kappa shape index (κ2) is 4.94. The van der Waals surface area contributed by atoms with Crippen LogP contribution in [0.4, 0.5) is 0 Å². The average Bonchev–Trinajstić information content (AvgIpc) is 2.67. The van der Waals surface area contributed by atoms with Crippen LogP contribution in [0.25, 0.3) is 0 Å². The standard InChI is InChI=1S/C12H23NO/c1-4-5-8-11(14)12(2,3)13-9-6-7-10-13/h4,11,14H,1,5-10H2,2-3H3. The molecule has 1 fully saturated rings. The van der Waals surface area contributed by atoms with E-state index in [0.717, 1.165) is 25.9 Å². The van der Waals surface area contributed by atoms with Crippen LogP contribution in [-0.2, 0) is 0 Å². The molecule has 1 saturated heterocycles. The van der Waals surface area contributed by atoms with E-state index in [1.807, 2.05) is 6.08 Å². The van der Waals surface area contributed by atoms with Gasteiger partial charge in [-0.1, -0.05) is 6.08 Å². The van der Waals surface area contributed by atoms with Crippen LogP contribution in [0.15, 0.2) is 12.7 Å². The largest absolute Gasteiger partial charge is 0.391 e. The van der Waals surface area contributed by atoms with Crippen molar-refractivity contribution < 1.29 is 5.11 Å². The lowest BCUT2D eigenvalue weighted by Crippen LogP contribution is -2.51. The second-order valence-corrected chi connectivity index (χ2v) is 4.73. The summed E-state index contributed by atoms with van der Waals surface area (Å²) < 4.78 is 0. The van der Waals surface area contributed by atoms with Crippen LogP contribution in [0.5, 0.6) is 0 Å². The first kappa shape index (κ1) is 11.7. The van der Waals surface area contributed by atoms with Crippen LogP contribution in [0, 0.1) is 0 Å². The fraction of sp³-hybridized carbons (Fsp3) is 0.833. The van der Waals surface area contributed by atoms with Gasteiger partial charge in [0.1, 0.15) is 0 Å². The van der Waals surface area contributed by atoms with E-state index < -0.39 is 0 Å². The lowest BCUT2D eigenvalue weighted by molar-refractivity contribution is -0.00124. The first-order valence-corrected chi connectivity index (χ1v) is 5.63. The molecule has 0 aromatic carbocycles. The van der Waals surface area contributed by atoms with Crippen LogP contribution < -0.4 is 0 Å². The topological polar surface area (TPSA) is 23.5 Å². The second-order valence-electron chi connectivity index (χ2n) is 4.73. The summed E-state index contributed by atoms with van der Waals surface area (Å²) in [6.45, 7) is 10.3. The first-order valence-electron chi connectivity index (χ1n) is 5.63. The molecule has 0 spiro atoms. The van der Waals surface area contributed by atoms with E-state index in [9.17, 15) is 5.11 Å². The summed E-state index contributed by atoms with van der Waals surface area (Å²) in [6.07, 6.45) is 5.92. The SMILES string of the molecule is C=CCCC(O)C(C)(C)N1CCCC1. The number of rotatable bonds is 5. The molecular formula is C12H23NO. The number of hydrogen-bond donors (Lipinski definition) is 1.